The van der Waals surface area contributed by atoms with Crippen molar-refractivity contribution in [3.8, 4) is 11.3 Å². The predicted molar refractivity (Wildman–Crippen MR) is 112 cm³/mol. The molecule has 0 saturated carbocycles. The lowest BCUT2D eigenvalue weighted by Crippen LogP contribution is -2.27. The lowest BCUT2D eigenvalue weighted by molar-refractivity contribution is -0.123. The van der Waals surface area contributed by atoms with E-state index < -0.39 is 5.91 Å². The molecule has 0 atom stereocenters. The maximum atomic E-state index is 13.0. The minimum absolute atomic E-state index is 0.0783. The van der Waals surface area contributed by atoms with Gasteiger partial charge in [-0.2, -0.15) is 0 Å². The molecule has 3 aromatic rings. The van der Waals surface area contributed by atoms with E-state index in [0.717, 1.165) is 22.2 Å². The molecule has 2 aromatic carbocycles. The number of benzene rings is 2. The zero-order valence-corrected chi connectivity index (χ0v) is 17.0. The van der Waals surface area contributed by atoms with Crippen LogP contribution in [0.5, 0.6) is 0 Å². The average molecular weight is 448 g/mol. The van der Waals surface area contributed by atoms with E-state index in [0.29, 0.717) is 27.1 Å². The molecule has 4 rings (SSSR count). The van der Waals surface area contributed by atoms with Gasteiger partial charge in [0.1, 0.15) is 17.3 Å². The Labute approximate surface area is 179 Å². The minimum Gasteiger partial charge on any atom is -0.457 e. The summed E-state index contributed by atoms with van der Waals surface area (Å²) in [4.78, 5) is 26.2. The summed E-state index contributed by atoms with van der Waals surface area (Å²) in [7, 11) is 0. The standard InChI is InChI=1S/C21H12Cl2FNO3S/c22-16-7-3-13(9-17(16)23)18-8-6-15(28-18)10-19-20(26)25(21(27)29-19)11-12-1-4-14(24)5-2-12/h1-10H,11H2/b19-10+. The van der Waals surface area contributed by atoms with Crippen molar-refractivity contribution < 1.29 is 18.4 Å². The number of carbonyl (C=O) groups excluding carboxylic acids is 2. The second-order valence-corrected chi connectivity index (χ2v) is 8.03. The molecule has 1 aliphatic rings. The largest absolute Gasteiger partial charge is 0.457 e. The van der Waals surface area contributed by atoms with Gasteiger partial charge in [0.05, 0.1) is 21.5 Å². The summed E-state index contributed by atoms with van der Waals surface area (Å²) in [5, 5.41) is 0.461. The van der Waals surface area contributed by atoms with Gasteiger partial charge in [-0.15, -0.1) is 0 Å². The lowest BCUT2D eigenvalue weighted by atomic mass is 10.2. The Morgan fingerprint density at radius 1 is 1.00 bits per heavy atom. The second-order valence-electron chi connectivity index (χ2n) is 6.23. The number of hydrogen-bond acceptors (Lipinski definition) is 4. The SMILES string of the molecule is O=C1S/C(=C/c2ccc(-c3ccc(Cl)c(Cl)c3)o2)C(=O)N1Cc1ccc(F)cc1. The maximum absolute atomic E-state index is 13.0. The van der Waals surface area contributed by atoms with Crippen molar-refractivity contribution >= 4 is 52.2 Å². The van der Waals surface area contributed by atoms with Gasteiger partial charge in [-0.3, -0.25) is 14.5 Å². The fourth-order valence-electron chi connectivity index (χ4n) is 2.77. The lowest BCUT2D eigenvalue weighted by Gasteiger charge is -2.12. The number of hydrogen-bond donors (Lipinski definition) is 0. The van der Waals surface area contributed by atoms with Gasteiger partial charge in [-0.05, 0) is 59.8 Å². The van der Waals surface area contributed by atoms with Crippen LogP contribution in [0.25, 0.3) is 17.4 Å². The molecule has 0 aliphatic carbocycles. The Hall–Kier alpha value is -2.54. The number of furan rings is 1. The number of halogens is 3. The molecule has 1 aromatic heterocycles. The van der Waals surface area contributed by atoms with Crippen LogP contribution in [-0.4, -0.2) is 16.0 Å². The average Bonchev–Trinajstić information content (AvgIpc) is 3.26. The van der Waals surface area contributed by atoms with Gasteiger partial charge < -0.3 is 4.42 Å². The number of imide groups is 1. The number of nitrogens with zero attached hydrogens (tertiary/aromatic N) is 1. The third-order valence-corrected chi connectivity index (χ3v) is 5.88. The number of rotatable bonds is 4. The van der Waals surface area contributed by atoms with E-state index in [1.807, 2.05) is 0 Å². The monoisotopic (exact) mass is 447 g/mol. The Bertz CT molecular complexity index is 1140. The molecule has 1 fully saturated rings. The van der Waals surface area contributed by atoms with Crippen LogP contribution in [0.4, 0.5) is 9.18 Å². The summed E-state index contributed by atoms with van der Waals surface area (Å²) < 4.78 is 18.8. The number of carbonyl (C=O) groups is 2. The van der Waals surface area contributed by atoms with E-state index in [2.05, 4.69) is 0 Å². The van der Waals surface area contributed by atoms with E-state index >= 15 is 0 Å². The van der Waals surface area contributed by atoms with Gasteiger partial charge in [-0.1, -0.05) is 35.3 Å². The molecule has 146 valence electrons. The van der Waals surface area contributed by atoms with Crippen LogP contribution >= 0.6 is 35.0 Å². The zero-order valence-electron chi connectivity index (χ0n) is 14.7. The van der Waals surface area contributed by atoms with Crippen molar-refractivity contribution in [3.05, 3.63) is 86.7 Å². The summed E-state index contributed by atoms with van der Waals surface area (Å²) in [6.45, 7) is 0.0783. The minimum atomic E-state index is -0.420. The molecule has 8 heteroatoms. The van der Waals surface area contributed by atoms with Crippen LogP contribution in [-0.2, 0) is 11.3 Å². The molecule has 2 amide bonds. The second kappa shape index (κ2) is 8.06. The quantitative estimate of drug-likeness (QED) is 0.421. The highest BCUT2D eigenvalue weighted by molar-refractivity contribution is 8.18. The van der Waals surface area contributed by atoms with Crippen molar-refractivity contribution in [1.82, 2.24) is 4.90 Å². The third kappa shape index (κ3) is 4.24. The highest BCUT2D eigenvalue weighted by Gasteiger charge is 2.35. The fraction of sp³-hybridized carbons (Fsp3) is 0.0476. The highest BCUT2D eigenvalue weighted by atomic mass is 35.5. The summed E-state index contributed by atoms with van der Waals surface area (Å²) >= 11 is 12.8. The Kier molecular flexibility index (Phi) is 5.50. The van der Waals surface area contributed by atoms with Crippen LogP contribution in [0.3, 0.4) is 0 Å². The van der Waals surface area contributed by atoms with Crippen molar-refractivity contribution in [2.24, 2.45) is 0 Å². The van der Waals surface area contributed by atoms with Crippen LogP contribution < -0.4 is 0 Å². The van der Waals surface area contributed by atoms with E-state index in [4.69, 9.17) is 27.6 Å². The van der Waals surface area contributed by atoms with E-state index in [-0.39, 0.29) is 22.5 Å². The first kappa shape index (κ1) is 19.8. The Balaban J connectivity index is 1.53. The van der Waals surface area contributed by atoms with Crippen molar-refractivity contribution in [1.29, 1.82) is 0 Å². The molecular formula is C21H12Cl2FNO3S. The van der Waals surface area contributed by atoms with Gasteiger partial charge >= 0.3 is 0 Å². The van der Waals surface area contributed by atoms with Gasteiger partial charge in [0.2, 0.25) is 0 Å². The molecular weight excluding hydrogens is 436 g/mol. The zero-order chi connectivity index (χ0) is 20.5. The molecule has 0 spiro atoms. The summed E-state index contributed by atoms with van der Waals surface area (Å²) in [6.07, 6.45) is 1.52. The van der Waals surface area contributed by atoms with Crippen LogP contribution in [0, 0.1) is 5.82 Å². The topological polar surface area (TPSA) is 50.5 Å². The first-order valence-electron chi connectivity index (χ1n) is 8.46. The molecule has 0 radical (unpaired) electrons. The summed E-state index contributed by atoms with van der Waals surface area (Å²) in [6, 6.07) is 14.2. The number of amides is 2. The Morgan fingerprint density at radius 3 is 2.48 bits per heavy atom. The smallest absolute Gasteiger partial charge is 0.293 e. The van der Waals surface area contributed by atoms with E-state index in [9.17, 15) is 14.0 Å². The van der Waals surface area contributed by atoms with E-state index in [1.165, 1.54) is 18.2 Å². The number of thioether (sulfide) groups is 1. The van der Waals surface area contributed by atoms with Crippen LogP contribution in [0.2, 0.25) is 10.0 Å². The summed E-state index contributed by atoms with van der Waals surface area (Å²) in [5.41, 5.74) is 1.40. The molecule has 1 saturated heterocycles. The fourth-order valence-corrected chi connectivity index (χ4v) is 3.89. The molecule has 0 unspecified atom stereocenters. The molecule has 4 nitrogen and oxygen atoms in total. The van der Waals surface area contributed by atoms with Gasteiger partial charge in [0.25, 0.3) is 11.1 Å². The van der Waals surface area contributed by atoms with Crippen molar-refractivity contribution in [2.75, 3.05) is 0 Å². The molecule has 0 N–H and O–H groups in total. The molecule has 29 heavy (non-hydrogen) atoms. The normalized spacial score (nSPS) is 15.6. The first-order valence-corrected chi connectivity index (χ1v) is 10.0. The van der Waals surface area contributed by atoms with Gasteiger partial charge in [-0.25, -0.2) is 4.39 Å². The first-order chi connectivity index (χ1) is 13.9. The van der Waals surface area contributed by atoms with Gasteiger partial charge in [0.15, 0.2) is 0 Å². The van der Waals surface area contributed by atoms with Crippen LogP contribution in [0.1, 0.15) is 11.3 Å². The maximum Gasteiger partial charge on any atom is 0.293 e. The summed E-state index contributed by atoms with van der Waals surface area (Å²) in [5.74, 6) is 0.189. The predicted octanol–water partition coefficient (Wildman–Crippen LogP) is 6.63. The highest BCUT2D eigenvalue weighted by Crippen LogP contribution is 2.35. The van der Waals surface area contributed by atoms with E-state index in [1.54, 1.807) is 42.5 Å². The van der Waals surface area contributed by atoms with Crippen LogP contribution in [0.15, 0.2) is 63.9 Å². The third-order valence-electron chi connectivity index (χ3n) is 4.23. The van der Waals surface area contributed by atoms with Crippen molar-refractivity contribution in [3.63, 3.8) is 0 Å². The van der Waals surface area contributed by atoms with Gasteiger partial charge in [0, 0.05) is 11.6 Å². The van der Waals surface area contributed by atoms with Crippen molar-refractivity contribution in [2.45, 2.75) is 6.54 Å². The molecule has 0 bridgehead atoms. The Morgan fingerprint density at radius 2 is 1.76 bits per heavy atom. The molecule has 2 heterocycles. The molecule has 1 aliphatic heterocycles.